The number of benzene rings is 1. The van der Waals surface area contributed by atoms with E-state index in [9.17, 15) is 19.2 Å². The number of carbonyl (C=O) groups is 4. The van der Waals surface area contributed by atoms with Gasteiger partial charge in [-0.25, -0.2) is 0 Å². The lowest BCUT2D eigenvalue weighted by Crippen LogP contribution is -2.50. The van der Waals surface area contributed by atoms with Crippen LogP contribution in [0.25, 0.3) is 0 Å². The van der Waals surface area contributed by atoms with Crippen molar-refractivity contribution in [1.29, 1.82) is 0 Å². The van der Waals surface area contributed by atoms with E-state index in [1.807, 2.05) is 32.1 Å². The van der Waals surface area contributed by atoms with E-state index in [2.05, 4.69) is 10.6 Å². The van der Waals surface area contributed by atoms with Gasteiger partial charge in [-0.2, -0.15) is 0 Å². The molecule has 4 amide bonds. The molecular weight excluding hydrogens is 434 g/mol. The Labute approximate surface area is 198 Å². The minimum atomic E-state index is -0.840. The van der Waals surface area contributed by atoms with Crippen molar-refractivity contribution in [3.63, 3.8) is 0 Å². The number of nitrogens with one attached hydrogen (secondary N) is 2. The molecule has 0 radical (unpaired) electrons. The summed E-state index contributed by atoms with van der Waals surface area (Å²) in [7, 11) is 0. The number of hydrogen-bond acceptors (Lipinski definition) is 5. The number of nitrogens with zero attached hydrogens (tertiary/aromatic N) is 1. The number of amides is 4. The SMILES string of the molecule is CC(C)CC(C(=O)NCc1cccc(NC(=O)c2ccco2)c1)N1C(=O)C2CC=CCC2C1=O. The maximum atomic E-state index is 13.2. The highest BCUT2D eigenvalue weighted by Crippen LogP contribution is 2.37. The molecule has 4 rings (SSSR count). The first kappa shape index (κ1) is 23.5. The first-order valence-electron chi connectivity index (χ1n) is 11.6. The van der Waals surface area contributed by atoms with Crippen LogP contribution >= 0.6 is 0 Å². The molecule has 0 bridgehead atoms. The van der Waals surface area contributed by atoms with Crippen molar-refractivity contribution in [2.45, 2.75) is 45.7 Å². The molecular formula is C26H29N3O5. The monoisotopic (exact) mass is 463 g/mol. The highest BCUT2D eigenvalue weighted by Gasteiger charge is 2.51. The van der Waals surface area contributed by atoms with Gasteiger partial charge in [0.25, 0.3) is 5.91 Å². The number of carbonyl (C=O) groups excluding carboxylic acids is 4. The van der Waals surface area contributed by atoms with Gasteiger partial charge in [-0.3, -0.25) is 24.1 Å². The number of anilines is 1. The van der Waals surface area contributed by atoms with Gasteiger partial charge in [-0.15, -0.1) is 0 Å². The number of allylic oxidation sites excluding steroid dienone is 2. The molecule has 1 saturated heterocycles. The Bertz CT molecular complexity index is 1080. The topological polar surface area (TPSA) is 109 Å². The van der Waals surface area contributed by atoms with Crippen molar-refractivity contribution in [1.82, 2.24) is 10.2 Å². The first-order valence-corrected chi connectivity index (χ1v) is 11.6. The summed E-state index contributed by atoms with van der Waals surface area (Å²) in [4.78, 5) is 52.7. The van der Waals surface area contributed by atoms with Crippen molar-refractivity contribution >= 4 is 29.3 Å². The molecule has 3 atom stereocenters. The predicted molar refractivity (Wildman–Crippen MR) is 125 cm³/mol. The van der Waals surface area contributed by atoms with Crippen molar-refractivity contribution in [3.8, 4) is 0 Å². The smallest absolute Gasteiger partial charge is 0.291 e. The fourth-order valence-electron chi connectivity index (χ4n) is 4.58. The van der Waals surface area contributed by atoms with Gasteiger partial charge in [0.1, 0.15) is 6.04 Å². The Morgan fingerprint density at radius 2 is 1.76 bits per heavy atom. The zero-order valence-electron chi connectivity index (χ0n) is 19.3. The van der Waals surface area contributed by atoms with Gasteiger partial charge >= 0.3 is 0 Å². The zero-order chi connectivity index (χ0) is 24.2. The van der Waals surface area contributed by atoms with Crippen LogP contribution in [-0.4, -0.2) is 34.6 Å². The van der Waals surface area contributed by atoms with E-state index in [4.69, 9.17) is 4.42 Å². The first-order chi connectivity index (χ1) is 16.3. The summed E-state index contributed by atoms with van der Waals surface area (Å²) in [5, 5.41) is 5.64. The van der Waals surface area contributed by atoms with Crippen molar-refractivity contribution < 1.29 is 23.6 Å². The van der Waals surface area contributed by atoms with Crippen molar-refractivity contribution in [2.75, 3.05) is 5.32 Å². The second-order valence-corrected chi connectivity index (χ2v) is 9.20. The van der Waals surface area contributed by atoms with E-state index in [1.54, 1.807) is 30.3 Å². The molecule has 3 unspecified atom stereocenters. The van der Waals surface area contributed by atoms with E-state index in [0.717, 1.165) is 5.56 Å². The maximum absolute atomic E-state index is 13.2. The fourth-order valence-corrected chi connectivity index (χ4v) is 4.58. The summed E-state index contributed by atoms with van der Waals surface area (Å²) in [6.07, 6.45) is 6.78. The Balaban J connectivity index is 1.43. The quantitative estimate of drug-likeness (QED) is 0.460. The van der Waals surface area contributed by atoms with Crippen LogP contribution in [-0.2, 0) is 20.9 Å². The van der Waals surface area contributed by atoms with Crippen LogP contribution in [0.5, 0.6) is 0 Å². The van der Waals surface area contributed by atoms with Crippen molar-refractivity contribution in [2.24, 2.45) is 17.8 Å². The Morgan fingerprint density at radius 1 is 1.06 bits per heavy atom. The van der Waals surface area contributed by atoms with Gasteiger partial charge in [0.2, 0.25) is 17.7 Å². The van der Waals surface area contributed by atoms with E-state index in [-0.39, 0.29) is 53.7 Å². The van der Waals surface area contributed by atoms with Crippen LogP contribution in [0.4, 0.5) is 5.69 Å². The molecule has 1 aromatic heterocycles. The van der Waals surface area contributed by atoms with Gasteiger partial charge in [0.15, 0.2) is 5.76 Å². The molecule has 1 aromatic carbocycles. The predicted octanol–water partition coefficient (Wildman–Crippen LogP) is 3.51. The number of rotatable bonds is 8. The molecule has 0 saturated carbocycles. The summed E-state index contributed by atoms with van der Waals surface area (Å²) >= 11 is 0. The molecule has 2 aliphatic rings. The third-order valence-electron chi connectivity index (χ3n) is 6.25. The van der Waals surface area contributed by atoms with Gasteiger partial charge in [0.05, 0.1) is 18.1 Å². The molecule has 34 heavy (non-hydrogen) atoms. The van der Waals surface area contributed by atoms with Crippen LogP contribution in [0.2, 0.25) is 0 Å². The van der Waals surface area contributed by atoms with E-state index in [1.165, 1.54) is 11.2 Å². The Kier molecular flexibility index (Phi) is 6.95. The van der Waals surface area contributed by atoms with Gasteiger partial charge < -0.3 is 15.1 Å². The number of furan rings is 1. The number of fused-ring (bicyclic) bond motifs is 1. The van der Waals surface area contributed by atoms with Crippen LogP contribution in [0.1, 0.15) is 49.2 Å². The molecule has 1 fully saturated rings. The molecule has 2 aromatic rings. The lowest BCUT2D eigenvalue weighted by molar-refractivity contribution is -0.148. The van der Waals surface area contributed by atoms with Crippen LogP contribution in [0.15, 0.2) is 59.2 Å². The zero-order valence-corrected chi connectivity index (χ0v) is 19.3. The van der Waals surface area contributed by atoms with E-state index < -0.39 is 6.04 Å². The number of likely N-dealkylation sites (tertiary alicyclic amines) is 1. The van der Waals surface area contributed by atoms with E-state index >= 15 is 0 Å². The minimum absolute atomic E-state index is 0.122. The van der Waals surface area contributed by atoms with E-state index in [0.29, 0.717) is 24.9 Å². The van der Waals surface area contributed by atoms with Crippen LogP contribution in [0, 0.1) is 17.8 Å². The van der Waals surface area contributed by atoms with Gasteiger partial charge in [-0.05, 0) is 55.0 Å². The molecule has 2 heterocycles. The summed E-state index contributed by atoms with van der Waals surface area (Å²) in [5.41, 5.74) is 1.33. The average molecular weight is 464 g/mol. The average Bonchev–Trinajstić information content (AvgIpc) is 3.44. The normalized spacial score (nSPS) is 20.4. The maximum Gasteiger partial charge on any atom is 0.291 e. The lowest BCUT2D eigenvalue weighted by Gasteiger charge is -2.27. The van der Waals surface area contributed by atoms with Crippen LogP contribution in [0.3, 0.4) is 0 Å². The minimum Gasteiger partial charge on any atom is -0.459 e. The molecule has 178 valence electrons. The van der Waals surface area contributed by atoms with Crippen LogP contribution < -0.4 is 10.6 Å². The van der Waals surface area contributed by atoms with Gasteiger partial charge in [-0.1, -0.05) is 38.1 Å². The highest BCUT2D eigenvalue weighted by atomic mass is 16.3. The number of hydrogen-bond donors (Lipinski definition) is 2. The lowest BCUT2D eigenvalue weighted by atomic mass is 9.85. The third-order valence-corrected chi connectivity index (χ3v) is 6.25. The second-order valence-electron chi connectivity index (χ2n) is 9.20. The molecule has 0 spiro atoms. The largest absolute Gasteiger partial charge is 0.459 e. The Morgan fingerprint density at radius 3 is 2.38 bits per heavy atom. The molecule has 1 aliphatic carbocycles. The van der Waals surface area contributed by atoms with Crippen molar-refractivity contribution in [3.05, 3.63) is 66.1 Å². The standard InChI is InChI=1S/C26H29N3O5/c1-16(2)13-21(29-25(32)19-9-3-4-10-20(19)26(29)33)23(30)27-15-17-7-5-8-18(14-17)28-24(31)22-11-6-12-34-22/h3-8,11-12,14,16,19-21H,9-10,13,15H2,1-2H3,(H,27,30)(H,28,31). The summed E-state index contributed by atoms with van der Waals surface area (Å²) in [5.74, 6) is -1.63. The second kappa shape index (κ2) is 10.1. The molecule has 8 heteroatoms. The Hall–Kier alpha value is -3.68. The van der Waals surface area contributed by atoms with Gasteiger partial charge in [0, 0.05) is 12.2 Å². The molecule has 8 nitrogen and oxygen atoms in total. The summed E-state index contributed by atoms with van der Waals surface area (Å²) < 4.78 is 5.10. The summed E-state index contributed by atoms with van der Waals surface area (Å²) in [6, 6.07) is 9.46. The highest BCUT2D eigenvalue weighted by molar-refractivity contribution is 6.08. The number of imide groups is 1. The molecule has 2 N–H and O–H groups in total. The summed E-state index contributed by atoms with van der Waals surface area (Å²) in [6.45, 7) is 4.12. The molecule has 1 aliphatic heterocycles. The fraction of sp³-hybridized carbons (Fsp3) is 0.385. The third kappa shape index (κ3) is 4.95.